The molecule has 0 radical (unpaired) electrons. The standard InChI is InChI=1S/C14H22N2O3/c1-3-18-12-7-4-5-8-13(12)19-11-14(17)16(2)10-6-9-15/h4-5,7-8H,3,6,9-11,15H2,1-2H3. The van der Waals surface area contributed by atoms with Crippen LogP contribution >= 0.6 is 0 Å². The minimum atomic E-state index is -0.0697. The zero-order valence-electron chi connectivity index (χ0n) is 11.6. The third-order valence-electron chi connectivity index (χ3n) is 2.62. The number of carbonyl (C=O) groups excluding carboxylic acids is 1. The summed E-state index contributed by atoms with van der Waals surface area (Å²) < 4.78 is 10.9. The Hall–Kier alpha value is -1.75. The van der Waals surface area contributed by atoms with Gasteiger partial charge in [0.2, 0.25) is 0 Å². The van der Waals surface area contributed by atoms with Gasteiger partial charge in [0.25, 0.3) is 5.91 Å². The van der Waals surface area contributed by atoms with Crippen molar-refractivity contribution in [2.45, 2.75) is 13.3 Å². The molecular formula is C14H22N2O3. The number of hydrogen-bond acceptors (Lipinski definition) is 4. The lowest BCUT2D eigenvalue weighted by molar-refractivity contribution is -0.132. The number of ether oxygens (including phenoxy) is 2. The lowest BCUT2D eigenvalue weighted by atomic mass is 10.3. The number of amides is 1. The molecule has 0 unspecified atom stereocenters. The lowest BCUT2D eigenvalue weighted by Gasteiger charge is -2.17. The monoisotopic (exact) mass is 266 g/mol. The van der Waals surface area contributed by atoms with E-state index in [1.807, 2.05) is 25.1 Å². The highest BCUT2D eigenvalue weighted by Crippen LogP contribution is 2.26. The van der Waals surface area contributed by atoms with Crippen LogP contribution < -0.4 is 15.2 Å². The molecule has 0 aliphatic rings. The first-order valence-corrected chi connectivity index (χ1v) is 6.47. The Labute approximate surface area is 114 Å². The van der Waals surface area contributed by atoms with Gasteiger partial charge in [0, 0.05) is 13.6 Å². The Balaban J connectivity index is 2.49. The van der Waals surface area contributed by atoms with E-state index in [2.05, 4.69) is 0 Å². The molecule has 1 aromatic carbocycles. The van der Waals surface area contributed by atoms with E-state index in [0.717, 1.165) is 6.42 Å². The molecule has 0 bridgehead atoms. The second-order valence-electron chi connectivity index (χ2n) is 4.13. The summed E-state index contributed by atoms with van der Waals surface area (Å²) in [7, 11) is 1.75. The van der Waals surface area contributed by atoms with Gasteiger partial charge in [-0.2, -0.15) is 0 Å². The van der Waals surface area contributed by atoms with E-state index >= 15 is 0 Å². The van der Waals surface area contributed by atoms with Crippen LogP contribution in [0.15, 0.2) is 24.3 Å². The number of rotatable bonds is 8. The summed E-state index contributed by atoms with van der Waals surface area (Å²) in [5.41, 5.74) is 5.41. The van der Waals surface area contributed by atoms with Crippen LogP contribution in [0.1, 0.15) is 13.3 Å². The second kappa shape index (κ2) is 8.37. The second-order valence-corrected chi connectivity index (χ2v) is 4.13. The van der Waals surface area contributed by atoms with Gasteiger partial charge in [-0.15, -0.1) is 0 Å². The van der Waals surface area contributed by atoms with E-state index in [4.69, 9.17) is 15.2 Å². The maximum atomic E-state index is 11.8. The van der Waals surface area contributed by atoms with Gasteiger partial charge in [-0.1, -0.05) is 12.1 Å². The predicted octanol–water partition coefficient (Wildman–Crippen LogP) is 1.27. The highest BCUT2D eigenvalue weighted by Gasteiger charge is 2.10. The normalized spacial score (nSPS) is 10.1. The zero-order chi connectivity index (χ0) is 14.1. The van der Waals surface area contributed by atoms with Crippen LogP contribution in [0.4, 0.5) is 0 Å². The molecule has 1 aromatic rings. The van der Waals surface area contributed by atoms with Crippen LogP contribution in [-0.4, -0.2) is 44.2 Å². The van der Waals surface area contributed by atoms with Crippen LogP contribution in [0.25, 0.3) is 0 Å². The van der Waals surface area contributed by atoms with Gasteiger partial charge in [0.1, 0.15) is 0 Å². The minimum absolute atomic E-state index is 0.00512. The largest absolute Gasteiger partial charge is 0.490 e. The lowest BCUT2D eigenvalue weighted by Crippen LogP contribution is -2.33. The van der Waals surface area contributed by atoms with Gasteiger partial charge < -0.3 is 20.1 Å². The molecule has 0 aromatic heterocycles. The number of carbonyl (C=O) groups is 1. The Morgan fingerprint density at radius 3 is 2.47 bits per heavy atom. The smallest absolute Gasteiger partial charge is 0.260 e. The summed E-state index contributed by atoms with van der Waals surface area (Å²) in [4.78, 5) is 13.4. The molecular weight excluding hydrogens is 244 g/mol. The third-order valence-corrected chi connectivity index (χ3v) is 2.62. The van der Waals surface area contributed by atoms with Crippen molar-refractivity contribution in [3.8, 4) is 11.5 Å². The highest BCUT2D eigenvalue weighted by molar-refractivity contribution is 5.77. The average molecular weight is 266 g/mol. The van der Waals surface area contributed by atoms with Crippen LogP contribution in [-0.2, 0) is 4.79 Å². The molecule has 0 saturated heterocycles. The molecule has 0 aliphatic heterocycles. The van der Waals surface area contributed by atoms with Crippen molar-refractivity contribution in [3.05, 3.63) is 24.3 Å². The highest BCUT2D eigenvalue weighted by atomic mass is 16.5. The summed E-state index contributed by atoms with van der Waals surface area (Å²) in [6.07, 6.45) is 0.789. The maximum Gasteiger partial charge on any atom is 0.260 e. The quantitative estimate of drug-likeness (QED) is 0.769. The van der Waals surface area contributed by atoms with Crippen molar-refractivity contribution < 1.29 is 14.3 Å². The predicted molar refractivity (Wildman–Crippen MR) is 74.4 cm³/mol. The van der Waals surface area contributed by atoms with E-state index in [1.165, 1.54) is 0 Å². The number of likely N-dealkylation sites (N-methyl/N-ethyl adjacent to an activating group) is 1. The molecule has 106 valence electrons. The van der Waals surface area contributed by atoms with Gasteiger partial charge >= 0.3 is 0 Å². The maximum absolute atomic E-state index is 11.8. The minimum Gasteiger partial charge on any atom is -0.490 e. The first-order valence-electron chi connectivity index (χ1n) is 6.47. The third kappa shape index (κ3) is 5.18. The summed E-state index contributed by atoms with van der Waals surface area (Å²) >= 11 is 0. The Bertz CT molecular complexity index is 396. The summed E-state index contributed by atoms with van der Waals surface area (Å²) in [5, 5.41) is 0. The Morgan fingerprint density at radius 2 is 1.89 bits per heavy atom. The van der Waals surface area contributed by atoms with Crippen LogP contribution in [0.5, 0.6) is 11.5 Å². The average Bonchev–Trinajstić information content (AvgIpc) is 2.43. The van der Waals surface area contributed by atoms with Gasteiger partial charge in [0.05, 0.1) is 6.61 Å². The zero-order valence-corrected chi connectivity index (χ0v) is 11.6. The molecule has 5 heteroatoms. The molecule has 1 rings (SSSR count). The molecule has 19 heavy (non-hydrogen) atoms. The van der Waals surface area contributed by atoms with Crippen molar-refractivity contribution >= 4 is 5.91 Å². The van der Waals surface area contributed by atoms with Crippen molar-refractivity contribution in [1.82, 2.24) is 4.90 Å². The van der Waals surface area contributed by atoms with E-state index in [-0.39, 0.29) is 12.5 Å². The number of nitrogens with zero attached hydrogens (tertiary/aromatic N) is 1. The SMILES string of the molecule is CCOc1ccccc1OCC(=O)N(C)CCCN. The molecule has 0 aliphatic carbocycles. The van der Waals surface area contributed by atoms with Gasteiger partial charge in [-0.3, -0.25) is 4.79 Å². The van der Waals surface area contributed by atoms with Crippen molar-refractivity contribution in [3.63, 3.8) is 0 Å². The fourth-order valence-electron chi connectivity index (χ4n) is 1.55. The first kappa shape index (κ1) is 15.3. The number of hydrogen-bond donors (Lipinski definition) is 1. The Morgan fingerprint density at radius 1 is 1.26 bits per heavy atom. The summed E-state index contributed by atoms with van der Waals surface area (Å²) in [6, 6.07) is 7.33. The van der Waals surface area contributed by atoms with Gasteiger partial charge in [-0.05, 0) is 32.0 Å². The summed E-state index contributed by atoms with van der Waals surface area (Å²) in [6.45, 7) is 3.69. The van der Waals surface area contributed by atoms with E-state index in [1.54, 1.807) is 18.0 Å². The number of benzene rings is 1. The van der Waals surface area contributed by atoms with Crippen LogP contribution in [0.2, 0.25) is 0 Å². The van der Waals surface area contributed by atoms with E-state index in [0.29, 0.717) is 31.2 Å². The molecule has 2 N–H and O–H groups in total. The van der Waals surface area contributed by atoms with Crippen molar-refractivity contribution in [2.75, 3.05) is 33.4 Å². The van der Waals surface area contributed by atoms with Gasteiger partial charge in [-0.25, -0.2) is 0 Å². The molecule has 0 atom stereocenters. The number of nitrogens with two attached hydrogens (primary N) is 1. The fraction of sp³-hybridized carbons (Fsp3) is 0.500. The van der Waals surface area contributed by atoms with Gasteiger partial charge in [0.15, 0.2) is 18.1 Å². The van der Waals surface area contributed by atoms with E-state index < -0.39 is 0 Å². The molecule has 5 nitrogen and oxygen atoms in total. The van der Waals surface area contributed by atoms with E-state index in [9.17, 15) is 4.79 Å². The van der Waals surface area contributed by atoms with Crippen molar-refractivity contribution in [1.29, 1.82) is 0 Å². The molecule has 0 heterocycles. The Kier molecular flexibility index (Phi) is 6.74. The topological polar surface area (TPSA) is 64.8 Å². The fourth-order valence-corrected chi connectivity index (χ4v) is 1.55. The molecule has 0 spiro atoms. The van der Waals surface area contributed by atoms with Crippen LogP contribution in [0, 0.1) is 0 Å². The van der Waals surface area contributed by atoms with Crippen LogP contribution in [0.3, 0.4) is 0 Å². The van der Waals surface area contributed by atoms with Crippen molar-refractivity contribution in [2.24, 2.45) is 5.73 Å². The molecule has 1 amide bonds. The number of para-hydroxylation sites is 2. The molecule has 0 fully saturated rings. The molecule has 0 saturated carbocycles. The first-order chi connectivity index (χ1) is 9.19. The summed E-state index contributed by atoms with van der Waals surface area (Å²) in [5.74, 6) is 1.17.